The van der Waals surface area contributed by atoms with Crippen LogP contribution in [0.4, 0.5) is 0 Å². The molecule has 0 unspecified atom stereocenters. The van der Waals surface area contributed by atoms with Crippen molar-refractivity contribution in [1.29, 1.82) is 0 Å². The number of nitrogens with zero attached hydrogens (tertiary/aromatic N) is 1. The molecule has 1 aromatic carbocycles. The lowest BCUT2D eigenvalue weighted by molar-refractivity contribution is -0.482. The Morgan fingerprint density at radius 2 is 2.21 bits per heavy atom. The molecule has 7 heteroatoms. The topological polar surface area (TPSA) is 87.9 Å². The summed E-state index contributed by atoms with van der Waals surface area (Å²) in [5.41, 5.74) is 1.56. The molecule has 128 valence electrons. The number of hydrogen-bond acceptors (Lipinski definition) is 6. The highest BCUT2D eigenvalue weighted by atomic mass is 16.7. The fraction of sp³-hybridized carbons (Fsp3) is 0.471. The van der Waals surface area contributed by atoms with E-state index >= 15 is 0 Å². The van der Waals surface area contributed by atoms with E-state index in [-0.39, 0.29) is 24.2 Å². The number of hydrogen-bond donors (Lipinski definition) is 0. The first kappa shape index (κ1) is 16.3. The third kappa shape index (κ3) is 3.50. The van der Waals surface area contributed by atoms with Crippen LogP contribution in [0.3, 0.4) is 0 Å². The number of ether oxygens (including phenoxy) is 3. The molecular formula is C17H19NO6. The summed E-state index contributed by atoms with van der Waals surface area (Å²) in [6.45, 7) is 1.25. The Bertz CT molecular complexity index is 684. The van der Waals surface area contributed by atoms with Gasteiger partial charge in [0.1, 0.15) is 6.10 Å². The lowest BCUT2D eigenvalue weighted by Crippen LogP contribution is -2.28. The molecule has 1 aliphatic carbocycles. The lowest BCUT2D eigenvalue weighted by atomic mass is 9.82. The first-order valence-corrected chi connectivity index (χ1v) is 7.93. The molecule has 0 saturated carbocycles. The molecule has 0 fully saturated rings. The van der Waals surface area contributed by atoms with Crippen LogP contribution in [0, 0.1) is 10.1 Å². The molecule has 0 spiro atoms. The second-order valence-electron chi connectivity index (χ2n) is 5.91. The Morgan fingerprint density at radius 3 is 2.96 bits per heavy atom. The Labute approximate surface area is 139 Å². The van der Waals surface area contributed by atoms with Crippen LogP contribution in [-0.4, -0.2) is 30.3 Å². The predicted molar refractivity (Wildman–Crippen MR) is 84.7 cm³/mol. The van der Waals surface area contributed by atoms with Crippen molar-refractivity contribution in [1.82, 2.24) is 0 Å². The molecule has 2 aliphatic rings. The molecule has 2 atom stereocenters. The quantitative estimate of drug-likeness (QED) is 0.356. The monoisotopic (exact) mass is 333 g/mol. The van der Waals surface area contributed by atoms with E-state index in [4.69, 9.17) is 14.2 Å². The summed E-state index contributed by atoms with van der Waals surface area (Å²) in [6, 6.07) is 5.34. The van der Waals surface area contributed by atoms with Gasteiger partial charge in [0.25, 0.3) is 0 Å². The highest BCUT2D eigenvalue weighted by Crippen LogP contribution is 2.39. The highest BCUT2D eigenvalue weighted by molar-refractivity contribution is 5.66. The van der Waals surface area contributed by atoms with Crippen LogP contribution in [0.2, 0.25) is 0 Å². The zero-order chi connectivity index (χ0) is 17.1. The first-order chi connectivity index (χ1) is 11.5. The molecular weight excluding hydrogens is 314 g/mol. The fourth-order valence-electron chi connectivity index (χ4n) is 3.25. The molecule has 7 nitrogen and oxygen atoms in total. The zero-order valence-corrected chi connectivity index (χ0v) is 13.4. The van der Waals surface area contributed by atoms with Gasteiger partial charge in [-0.2, -0.15) is 0 Å². The summed E-state index contributed by atoms with van der Waals surface area (Å²) in [6.07, 6.45) is 3.96. The molecule has 0 bridgehead atoms. The Hall–Kier alpha value is -2.57. The largest absolute Gasteiger partial charge is 0.458 e. The van der Waals surface area contributed by atoms with Crippen LogP contribution in [0.25, 0.3) is 0 Å². The van der Waals surface area contributed by atoms with Gasteiger partial charge in [-0.25, -0.2) is 0 Å². The standard InChI is InChI=1S/C17H19NO6/c1-11(19)24-15-5-3-2-4-13(15)14(9-18(20)21)12-6-7-16-17(8-12)23-10-22-16/h4,6-8,14-15H,2-3,5,9-10H2,1H3/t14-,15-/m0/s1. The average Bonchev–Trinajstić information content (AvgIpc) is 3.00. The maximum atomic E-state index is 11.4. The van der Waals surface area contributed by atoms with Gasteiger partial charge in [0.05, 0.1) is 5.92 Å². The number of rotatable bonds is 5. The van der Waals surface area contributed by atoms with Crippen LogP contribution < -0.4 is 9.47 Å². The third-order valence-corrected chi connectivity index (χ3v) is 4.26. The Balaban J connectivity index is 1.94. The molecule has 0 N–H and O–H groups in total. The van der Waals surface area contributed by atoms with Gasteiger partial charge in [0.2, 0.25) is 13.3 Å². The van der Waals surface area contributed by atoms with Crippen molar-refractivity contribution in [3.05, 3.63) is 45.5 Å². The number of carbonyl (C=O) groups excluding carboxylic acids is 1. The van der Waals surface area contributed by atoms with E-state index in [1.807, 2.05) is 12.1 Å². The van der Waals surface area contributed by atoms with Crippen LogP contribution in [0.15, 0.2) is 29.8 Å². The van der Waals surface area contributed by atoms with Crippen molar-refractivity contribution in [2.45, 2.75) is 38.2 Å². The van der Waals surface area contributed by atoms with Crippen LogP contribution in [0.1, 0.15) is 37.7 Å². The van der Waals surface area contributed by atoms with Gasteiger partial charge in [-0.3, -0.25) is 14.9 Å². The fourth-order valence-corrected chi connectivity index (χ4v) is 3.25. The SMILES string of the molecule is CC(=O)O[C@H]1CCCC=C1[C@@H](C[N+](=O)[O-])c1ccc2c(c1)OCO2. The van der Waals surface area contributed by atoms with E-state index in [1.54, 1.807) is 12.1 Å². The Kier molecular flexibility index (Phi) is 4.69. The maximum Gasteiger partial charge on any atom is 0.303 e. The number of benzene rings is 1. The van der Waals surface area contributed by atoms with E-state index in [9.17, 15) is 14.9 Å². The predicted octanol–water partition coefficient (Wildman–Crippen LogP) is 2.82. The van der Waals surface area contributed by atoms with E-state index in [1.165, 1.54) is 6.92 Å². The van der Waals surface area contributed by atoms with Gasteiger partial charge in [-0.15, -0.1) is 0 Å². The van der Waals surface area contributed by atoms with Gasteiger partial charge >= 0.3 is 5.97 Å². The van der Waals surface area contributed by atoms with Crippen molar-refractivity contribution in [3.8, 4) is 11.5 Å². The number of esters is 1. The van der Waals surface area contributed by atoms with Gasteiger partial charge in [0.15, 0.2) is 11.5 Å². The van der Waals surface area contributed by atoms with Crippen molar-refractivity contribution in [3.63, 3.8) is 0 Å². The maximum absolute atomic E-state index is 11.4. The molecule has 0 amide bonds. The number of fused-ring (bicyclic) bond motifs is 1. The molecule has 0 radical (unpaired) electrons. The average molecular weight is 333 g/mol. The minimum absolute atomic E-state index is 0.150. The minimum atomic E-state index is -0.459. The lowest BCUT2D eigenvalue weighted by Gasteiger charge is -2.28. The summed E-state index contributed by atoms with van der Waals surface area (Å²) in [7, 11) is 0. The van der Waals surface area contributed by atoms with E-state index in [0.717, 1.165) is 24.0 Å². The van der Waals surface area contributed by atoms with Crippen molar-refractivity contribution >= 4 is 5.97 Å². The summed E-state index contributed by atoms with van der Waals surface area (Å²) < 4.78 is 16.1. The number of carbonyl (C=O) groups is 1. The molecule has 1 heterocycles. The van der Waals surface area contributed by atoms with Gasteiger partial charge in [-0.1, -0.05) is 12.1 Å². The molecule has 0 saturated heterocycles. The van der Waals surface area contributed by atoms with E-state index in [0.29, 0.717) is 17.9 Å². The number of nitro groups is 1. The Morgan fingerprint density at radius 1 is 1.42 bits per heavy atom. The minimum Gasteiger partial charge on any atom is -0.458 e. The van der Waals surface area contributed by atoms with Gasteiger partial charge < -0.3 is 14.2 Å². The van der Waals surface area contributed by atoms with E-state index < -0.39 is 12.0 Å². The summed E-state index contributed by atoms with van der Waals surface area (Å²) in [5.74, 6) is 0.381. The second kappa shape index (κ2) is 6.90. The summed E-state index contributed by atoms with van der Waals surface area (Å²) >= 11 is 0. The molecule has 1 aromatic rings. The van der Waals surface area contributed by atoms with Gasteiger partial charge in [0, 0.05) is 11.8 Å². The van der Waals surface area contributed by atoms with E-state index in [2.05, 4.69) is 0 Å². The normalized spacial score (nSPS) is 20.2. The smallest absolute Gasteiger partial charge is 0.303 e. The molecule has 3 rings (SSSR count). The van der Waals surface area contributed by atoms with Crippen molar-refractivity contribution < 1.29 is 23.9 Å². The van der Waals surface area contributed by atoms with Crippen LogP contribution in [-0.2, 0) is 9.53 Å². The van der Waals surface area contributed by atoms with Crippen molar-refractivity contribution in [2.24, 2.45) is 0 Å². The zero-order valence-electron chi connectivity index (χ0n) is 13.4. The first-order valence-electron chi connectivity index (χ1n) is 7.93. The third-order valence-electron chi connectivity index (χ3n) is 4.26. The summed E-state index contributed by atoms with van der Waals surface area (Å²) in [5, 5.41) is 11.2. The molecule has 24 heavy (non-hydrogen) atoms. The van der Waals surface area contributed by atoms with Crippen LogP contribution in [0.5, 0.6) is 11.5 Å². The molecule has 1 aliphatic heterocycles. The number of allylic oxidation sites excluding steroid dienone is 1. The highest BCUT2D eigenvalue weighted by Gasteiger charge is 2.32. The van der Waals surface area contributed by atoms with Crippen molar-refractivity contribution in [2.75, 3.05) is 13.3 Å². The second-order valence-corrected chi connectivity index (χ2v) is 5.91. The molecule has 0 aromatic heterocycles. The van der Waals surface area contributed by atoms with Crippen LogP contribution >= 0.6 is 0 Å². The van der Waals surface area contributed by atoms with Gasteiger partial charge in [-0.05, 0) is 42.5 Å². The summed E-state index contributed by atoms with van der Waals surface area (Å²) in [4.78, 5) is 22.2.